The first-order valence-electron chi connectivity index (χ1n) is 4.65. The van der Waals surface area contributed by atoms with Crippen LogP contribution < -0.4 is 5.32 Å². The van der Waals surface area contributed by atoms with E-state index in [-0.39, 0.29) is 16.7 Å². The summed E-state index contributed by atoms with van der Waals surface area (Å²) in [6.07, 6.45) is 0.937. The lowest BCUT2D eigenvalue weighted by molar-refractivity contribution is -0.384. The van der Waals surface area contributed by atoms with E-state index in [9.17, 15) is 10.1 Å². The van der Waals surface area contributed by atoms with E-state index in [2.05, 4.69) is 5.32 Å². The SMILES string of the molecule is CCC(C)Nc1ccccc1[N+](=O)[O-]. The van der Waals surface area contributed by atoms with Gasteiger partial charge in [0.1, 0.15) is 5.69 Å². The fourth-order valence-corrected chi connectivity index (χ4v) is 1.12. The van der Waals surface area contributed by atoms with Crippen molar-refractivity contribution < 1.29 is 4.92 Å². The highest BCUT2D eigenvalue weighted by Crippen LogP contribution is 2.23. The van der Waals surface area contributed by atoms with Gasteiger partial charge in [-0.15, -0.1) is 0 Å². The Labute approximate surface area is 83.1 Å². The van der Waals surface area contributed by atoms with E-state index in [1.807, 2.05) is 13.8 Å². The number of hydrogen-bond donors (Lipinski definition) is 1. The summed E-state index contributed by atoms with van der Waals surface area (Å²) >= 11 is 0. The van der Waals surface area contributed by atoms with Gasteiger partial charge in [0.15, 0.2) is 0 Å². The lowest BCUT2D eigenvalue weighted by Crippen LogP contribution is -2.14. The molecular formula is C10H14N2O2. The zero-order chi connectivity index (χ0) is 10.6. The maximum absolute atomic E-state index is 10.7. The van der Waals surface area contributed by atoms with Crippen LogP contribution in [0, 0.1) is 10.1 Å². The molecule has 1 N–H and O–H groups in total. The molecule has 0 aliphatic rings. The number of nitrogens with zero attached hydrogens (tertiary/aromatic N) is 1. The molecule has 1 aromatic rings. The van der Waals surface area contributed by atoms with Crippen LogP contribution in [0.1, 0.15) is 20.3 Å². The number of para-hydroxylation sites is 2. The van der Waals surface area contributed by atoms with E-state index in [1.54, 1.807) is 18.2 Å². The molecular weight excluding hydrogens is 180 g/mol. The third-order valence-electron chi connectivity index (χ3n) is 2.12. The molecule has 0 fully saturated rings. The quantitative estimate of drug-likeness (QED) is 0.592. The first-order valence-corrected chi connectivity index (χ1v) is 4.65. The largest absolute Gasteiger partial charge is 0.377 e. The fraction of sp³-hybridized carbons (Fsp3) is 0.400. The van der Waals surface area contributed by atoms with E-state index in [4.69, 9.17) is 0 Å². The van der Waals surface area contributed by atoms with Gasteiger partial charge in [-0.05, 0) is 19.4 Å². The van der Waals surface area contributed by atoms with Gasteiger partial charge in [-0.2, -0.15) is 0 Å². The molecule has 1 aromatic carbocycles. The summed E-state index contributed by atoms with van der Waals surface area (Å²) in [5, 5.41) is 13.8. The van der Waals surface area contributed by atoms with Gasteiger partial charge in [0.05, 0.1) is 4.92 Å². The average molecular weight is 194 g/mol. The Morgan fingerprint density at radius 1 is 1.50 bits per heavy atom. The van der Waals surface area contributed by atoms with Crippen molar-refractivity contribution in [2.75, 3.05) is 5.32 Å². The molecule has 0 saturated carbocycles. The lowest BCUT2D eigenvalue weighted by Gasteiger charge is -2.12. The van der Waals surface area contributed by atoms with E-state index in [1.165, 1.54) is 6.07 Å². The molecule has 0 saturated heterocycles. The van der Waals surface area contributed by atoms with Crippen LogP contribution in [0.3, 0.4) is 0 Å². The van der Waals surface area contributed by atoms with E-state index < -0.39 is 0 Å². The standard InChI is InChI=1S/C10H14N2O2/c1-3-8(2)11-9-6-4-5-7-10(9)12(13)14/h4-8,11H,3H2,1-2H3. The second-order valence-electron chi connectivity index (χ2n) is 3.23. The molecule has 76 valence electrons. The number of rotatable bonds is 4. The van der Waals surface area contributed by atoms with Crippen molar-refractivity contribution >= 4 is 11.4 Å². The molecule has 0 bridgehead atoms. The Bertz CT molecular complexity index is 326. The third-order valence-corrected chi connectivity index (χ3v) is 2.12. The van der Waals surface area contributed by atoms with E-state index >= 15 is 0 Å². The molecule has 4 heteroatoms. The highest BCUT2D eigenvalue weighted by atomic mass is 16.6. The molecule has 0 aromatic heterocycles. The molecule has 1 atom stereocenters. The maximum atomic E-state index is 10.7. The van der Waals surface area contributed by atoms with Gasteiger partial charge >= 0.3 is 0 Å². The van der Waals surface area contributed by atoms with Crippen molar-refractivity contribution in [3.05, 3.63) is 34.4 Å². The summed E-state index contributed by atoms with van der Waals surface area (Å²) in [6, 6.07) is 6.93. The highest BCUT2D eigenvalue weighted by molar-refractivity contribution is 5.61. The molecule has 14 heavy (non-hydrogen) atoms. The van der Waals surface area contributed by atoms with Crippen LogP contribution in [0.5, 0.6) is 0 Å². The predicted molar refractivity (Wildman–Crippen MR) is 56.5 cm³/mol. The fourth-order valence-electron chi connectivity index (χ4n) is 1.12. The lowest BCUT2D eigenvalue weighted by atomic mass is 10.2. The normalized spacial score (nSPS) is 12.1. The van der Waals surface area contributed by atoms with Gasteiger partial charge in [-0.25, -0.2) is 0 Å². The summed E-state index contributed by atoms with van der Waals surface area (Å²) < 4.78 is 0. The predicted octanol–water partition coefficient (Wildman–Crippen LogP) is 2.81. The second-order valence-corrected chi connectivity index (χ2v) is 3.23. The minimum Gasteiger partial charge on any atom is -0.377 e. The van der Waals surface area contributed by atoms with Crippen molar-refractivity contribution in [2.45, 2.75) is 26.3 Å². The summed E-state index contributed by atoms with van der Waals surface area (Å²) in [5.74, 6) is 0. The molecule has 0 aliphatic carbocycles. The Balaban J connectivity index is 2.90. The minimum absolute atomic E-state index is 0.132. The van der Waals surface area contributed by atoms with Gasteiger partial charge in [0, 0.05) is 12.1 Å². The van der Waals surface area contributed by atoms with Crippen LogP contribution in [0.15, 0.2) is 24.3 Å². The van der Waals surface area contributed by atoms with Gasteiger partial charge in [0.2, 0.25) is 0 Å². The van der Waals surface area contributed by atoms with Gasteiger partial charge in [-0.3, -0.25) is 10.1 Å². The van der Waals surface area contributed by atoms with Crippen LogP contribution >= 0.6 is 0 Å². The van der Waals surface area contributed by atoms with Crippen molar-refractivity contribution in [1.82, 2.24) is 0 Å². The highest BCUT2D eigenvalue weighted by Gasteiger charge is 2.12. The van der Waals surface area contributed by atoms with Crippen molar-refractivity contribution in [1.29, 1.82) is 0 Å². The maximum Gasteiger partial charge on any atom is 0.292 e. The number of nitro benzene ring substituents is 1. The van der Waals surface area contributed by atoms with Gasteiger partial charge < -0.3 is 5.32 Å². The second kappa shape index (κ2) is 4.60. The summed E-state index contributed by atoms with van der Waals surface area (Å²) in [7, 11) is 0. The molecule has 0 radical (unpaired) electrons. The summed E-state index contributed by atoms with van der Waals surface area (Å²) in [5.41, 5.74) is 0.722. The van der Waals surface area contributed by atoms with Crippen molar-refractivity contribution in [3.8, 4) is 0 Å². The molecule has 0 amide bonds. The Morgan fingerprint density at radius 2 is 2.14 bits per heavy atom. The monoisotopic (exact) mass is 194 g/mol. The molecule has 4 nitrogen and oxygen atoms in total. The molecule has 1 unspecified atom stereocenters. The van der Waals surface area contributed by atoms with Crippen molar-refractivity contribution in [2.24, 2.45) is 0 Å². The van der Waals surface area contributed by atoms with Crippen LogP contribution in [0.25, 0.3) is 0 Å². The Hall–Kier alpha value is -1.58. The first-order chi connectivity index (χ1) is 6.65. The Kier molecular flexibility index (Phi) is 3.45. The third kappa shape index (κ3) is 2.45. The number of hydrogen-bond acceptors (Lipinski definition) is 3. The first kappa shape index (κ1) is 10.5. The topological polar surface area (TPSA) is 55.2 Å². The number of nitro groups is 1. The van der Waals surface area contributed by atoms with Gasteiger partial charge in [0.25, 0.3) is 5.69 Å². The zero-order valence-corrected chi connectivity index (χ0v) is 8.36. The van der Waals surface area contributed by atoms with E-state index in [0.717, 1.165) is 6.42 Å². The number of benzene rings is 1. The summed E-state index contributed by atoms with van der Waals surface area (Å²) in [4.78, 5) is 10.3. The van der Waals surface area contributed by atoms with Crippen LogP contribution in [-0.4, -0.2) is 11.0 Å². The van der Waals surface area contributed by atoms with Crippen LogP contribution in [0.4, 0.5) is 11.4 Å². The number of anilines is 1. The van der Waals surface area contributed by atoms with Crippen LogP contribution in [0.2, 0.25) is 0 Å². The van der Waals surface area contributed by atoms with Crippen LogP contribution in [-0.2, 0) is 0 Å². The molecule has 1 rings (SSSR count). The van der Waals surface area contributed by atoms with E-state index in [0.29, 0.717) is 5.69 Å². The van der Waals surface area contributed by atoms with Crippen molar-refractivity contribution in [3.63, 3.8) is 0 Å². The summed E-state index contributed by atoms with van der Waals surface area (Å²) in [6.45, 7) is 4.03. The number of nitrogens with one attached hydrogen (secondary N) is 1. The smallest absolute Gasteiger partial charge is 0.292 e. The molecule has 0 spiro atoms. The molecule has 0 heterocycles. The zero-order valence-electron chi connectivity index (χ0n) is 8.36. The Morgan fingerprint density at radius 3 is 2.71 bits per heavy atom. The average Bonchev–Trinajstić information content (AvgIpc) is 2.18. The van der Waals surface area contributed by atoms with Gasteiger partial charge in [-0.1, -0.05) is 19.1 Å². The molecule has 0 aliphatic heterocycles. The minimum atomic E-state index is -0.370.